The molecule has 0 atom stereocenters. The van der Waals surface area contributed by atoms with E-state index in [9.17, 15) is 20.0 Å². The normalized spacial score (nSPS) is 10.0. The number of aromatic carboxylic acids is 1. The Kier molecular flexibility index (Phi) is 4.03. The third kappa shape index (κ3) is 2.72. The van der Waals surface area contributed by atoms with Crippen molar-refractivity contribution < 1.29 is 14.8 Å². The molecular weight excluding hydrogens is 224 g/mol. The van der Waals surface area contributed by atoms with Gasteiger partial charge in [0.1, 0.15) is 0 Å². The van der Waals surface area contributed by atoms with Crippen molar-refractivity contribution in [1.82, 2.24) is 0 Å². The molecule has 92 valence electrons. The highest BCUT2D eigenvalue weighted by molar-refractivity contribution is 5.94. The van der Waals surface area contributed by atoms with Crippen molar-refractivity contribution in [1.29, 1.82) is 0 Å². The molecule has 0 aromatic heterocycles. The second-order valence-electron chi connectivity index (χ2n) is 3.42. The average Bonchev–Trinajstić information content (AvgIpc) is 2.30. The Labute approximate surface area is 98.6 Å². The van der Waals surface area contributed by atoms with Gasteiger partial charge in [0.25, 0.3) is 5.69 Å². The van der Waals surface area contributed by atoms with Gasteiger partial charge in [-0.25, -0.2) is 0 Å². The van der Waals surface area contributed by atoms with Gasteiger partial charge in [0.2, 0.25) is 0 Å². The number of carboxylic acids is 1. The first kappa shape index (κ1) is 13.0. The Morgan fingerprint density at radius 3 is 2.35 bits per heavy atom. The summed E-state index contributed by atoms with van der Waals surface area (Å²) in [4.78, 5) is 22.7. The maximum atomic E-state index is 11.0. The van der Waals surface area contributed by atoms with Gasteiger partial charge in [0.05, 0.1) is 10.9 Å². The number of rotatable bonds is 5. The van der Waals surface area contributed by atoms with E-state index in [1.54, 1.807) is 4.90 Å². The summed E-state index contributed by atoms with van der Waals surface area (Å²) in [5, 5.41) is 21.5. The standard InChI is InChI=1S/C11H14N2O4/c1-3-12(4-2)10-6-5-8(13(16)17)7-9(10)11(14)15/h5-7H,3-4H2,1-2H3,(H,14,15)/p-1. The summed E-state index contributed by atoms with van der Waals surface area (Å²) in [5.41, 5.74) is 0.0450. The summed E-state index contributed by atoms with van der Waals surface area (Å²) in [6, 6.07) is 3.76. The number of nitro groups is 1. The minimum absolute atomic E-state index is 0.150. The van der Waals surface area contributed by atoms with E-state index in [2.05, 4.69) is 0 Å². The monoisotopic (exact) mass is 237 g/mol. The lowest BCUT2D eigenvalue weighted by molar-refractivity contribution is -0.385. The summed E-state index contributed by atoms with van der Waals surface area (Å²) < 4.78 is 0. The van der Waals surface area contributed by atoms with Gasteiger partial charge in [-0.2, -0.15) is 0 Å². The Hall–Kier alpha value is -2.11. The fraction of sp³-hybridized carbons (Fsp3) is 0.364. The van der Waals surface area contributed by atoms with Crippen LogP contribution in [-0.4, -0.2) is 24.0 Å². The molecule has 0 unspecified atom stereocenters. The number of anilines is 1. The SMILES string of the molecule is CCN(CC)c1ccc([N+](=O)[O-])cc1C(=O)[O-]. The Bertz CT molecular complexity index is 441. The molecule has 1 aromatic rings. The van der Waals surface area contributed by atoms with Crippen molar-refractivity contribution in [2.75, 3.05) is 18.0 Å². The minimum atomic E-state index is -1.41. The number of nitro benzene ring substituents is 1. The average molecular weight is 237 g/mol. The van der Waals surface area contributed by atoms with E-state index < -0.39 is 10.9 Å². The molecule has 0 radical (unpaired) electrons. The van der Waals surface area contributed by atoms with Gasteiger partial charge < -0.3 is 14.8 Å². The highest BCUT2D eigenvalue weighted by Gasteiger charge is 2.14. The molecule has 17 heavy (non-hydrogen) atoms. The maximum Gasteiger partial charge on any atom is 0.270 e. The predicted octanol–water partition coefficient (Wildman–Crippen LogP) is 0.804. The van der Waals surface area contributed by atoms with E-state index in [1.165, 1.54) is 12.1 Å². The van der Waals surface area contributed by atoms with Crippen LogP contribution in [0.15, 0.2) is 18.2 Å². The molecule has 0 aliphatic rings. The van der Waals surface area contributed by atoms with Gasteiger partial charge in [-0.3, -0.25) is 10.1 Å². The number of carboxylic acid groups (broad SMARTS) is 1. The van der Waals surface area contributed by atoms with Crippen molar-refractivity contribution >= 4 is 17.3 Å². The lowest BCUT2D eigenvalue weighted by Gasteiger charge is -2.24. The molecule has 0 heterocycles. The molecule has 6 heteroatoms. The largest absolute Gasteiger partial charge is 0.545 e. The first-order valence-corrected chi connectivity index (χ1v) is 5.26. The van der Waals surface area contributed by atoms with Crippen molar-refractivity contribution in [3.63, 3.8) is 0 Å². The molecule has 0 aliphatic carbocycles. The fourth-order valence-corrected chi connectivity index (χ4v) is 1.64. The molecule has 0 saturated heterocycles. The molecule has 0 N–H and O–H groups in total. The molecule has 0 fully saturated rings. The van der Waals surface area contributed by atoms with Crippen molar-refractivity contribution in [2.45, 2.75) is 13.8 Å². The van der Waals surface area contributed by atoms with Crippen LogP contribution in [0.1, 0.15) is 24.2 Å². The van der Waals surface area contributed by atoms with E-state index in [0.29, 0.717) is 18.8 Å². The Balaban J connectivity index is 3.31. The molecule has 1 rings (SSSR count). The van der Waals surface area contributed by atoms with Crippen LogP contribution < -0.4 is 10.0 Å². The predicted molar refractivity (Wildman–Crippen MR) is 61.0 cm³/mol. The van der Waals surface area contributed by atoms with Crippen LogP contribution in [0.2, 0.25) is 0 Å². The molecule has 0 amide bonds. The molecule has 0 bridgehead atoms. The molecule has 1 aromatic carbocycles. The van der Waals surface area contributed by atoms with E-state index in [-0.39, 0.29) is 11.3 Å². The fourth-order valence-electron chi connectivity index (χ4n) is 1.64. The van der Waals surface area contributed by atoms with E-state index in [0.717, 1.165) is 6.07 Å². The number of non-ortho nitro benzene ring substituents is 1. The maximum absolute atomic E-state index is 11.0. The Morgan fingerprint density at radius 2 is 1.94 bits per heavy atom. The van der Waals surface area contributed by atoms with Gasteiger partial charge >= 0.3 is 0 Å². The van der Waals surface area contributed by atoms with Crippen LogP contribution in [0, 0.1) is 10.1 Å². The van der Waals surface area contributed by atoms with Crippen LogP contribution in [0.25, 0.3) is 0 Å². The van der Waals surface area contributed by atoms with Gasteiger partial charge in [0.15, 0.2) is 0 Å². The first-order chi connectivity index (χ1) is 8.01. The van der Waals surface area contributed by atoms with E-state index in [1.807, 2.05) is 13.8 Å². The van der Waals surface area contributed by atoms with Crippen LogP contribution in [0.5, 0.6) is 0 Å². The third-order valence-electron chi connectivity index (χ3n) is 2.51. The molecular formula is C11H13N2O4-. The highest BCUT2D eigenvalue weighted by atomic mass is 16.6. The van der Waals surface area contributed by atoms with Crippen LogP contribution in [-0.2, 0) is 0 Å². The second kappa shape index (κ2) is 5.29. The van der Waals surface area contributed by atoms with Gasteiger partial charge in [-0.05, 0) is 19.9 Å². The van der Waals surface area contributed by atoms with Gasteiger partial charge in [-0.15, -0.1) is 0 Å². The molecule has 0 aliphatic heterocycles. The topological polar surface area (TPSA) is 86.5 Å². The van der Waals surface area contributed by atoms with Crippen molar-refractivity contribution in [3.05, 3.63) is 33.9 Å². The molecule has 0 saturated carbocycles. The number of hydrogen-bond donors (Lipinski definition) is 0. The Morgan fingerprint density at radius 1 is 1.35 bits per heavy atom. The smallest absolute Gasteiger partial charge is 0.270 e. The quantitative estimate of drug-likeness (QED) is 0.558. The summed E-state index contributed by atoms with van der Waals surface area (Å²) >= 11 is 0. The minimum Gasteiger partial charge on any atom is -0.545 e. The zero-order valence-electron chi connectivity index (χ0n) is 9.67. The van der Waals surface area contributed by atoms with Gasteiger partial charge in [-0.1, -0.05) is 0 Å². The summed E-state index contributed by atoms with van der Waals surface area (Å²) in [5.74, 6) is -1.41. The first-order valence-electron chi connectivity index (χ1n) is 5.26. The zero-order valence-corrected chi connectivity index (χ0v) is 9.67. The van der Waals surface area contributed by atoms with Crippen LogP contribution >= 0.6 is 0 Å². The lowest BCUT2D eigenvalue weighted by Crippen LogP contribution is -2.29. The van der Waals surface area contributed by atoms with E-state index in [4.69, 9.17) is 0 Å². The second-order valence-corrected chi connectivity index (χ2v) is 3.42. The number of nitrogens with zero attached hydrogens (tertiary/aromatic N) is 2. The number of benzene rings is 1. The number of carbonyl (C=O) groups excluding carboxylic acids is 1. The molecule has 6 nitrogen and oxygen atoms in total. The number of carbonyl (C=O) groups is 1. The van der Waals surface area contributed by atoms with Crippen LogP contribution in [0.3, 0.4) is 0 Å². The lowest BCUT2D eigenvalue weighted by atomic mass is 10.1. The number of hydrogen-bond acceptors (Lipinski definition) is 5. The van der Waals surface area contributed by atoms with E-state index >= 15 is 0 Å². The van der Waals surface area contributed by atoms with Crippen LogP contribution in [0.4, 0.5) is 11.4 Å². The van der Waals surface area contributed by atoms with Crippen molar-refractivity contribution in [2.24, 2.45) is 0 Å². The highest BCUT2D eigenvalue weighted by Crippen LogP contribution is 2.24. The van der Waals surface area contributed by atoms with Gasteiger partial charge in [0, 0.05) is 36.5 Å². The third-order valence-corrected chi connectivity index (χ3v) is 2.51. The zero-order chi connectivity index (χ0) is 13.0. The summed E-state index contributed by atoms with van der Waals surface area (Å²) in [6.45, 7) is 5.00. The summed E-state index contributed by atoms with van der Waals surface area (Å²) in [7, 11) is 0. The molecule has 0 spiro atoms. The van der Waals surface area contributed by atoms with Crippen molar-refractivity contribution in [3.8, 4) is 0 Å². The summed E-state index contributed by atoms with van der Waals surface area (Å²) in [6.07, 6.45) is 0.